The van der Waals surface area contributed by atoms with E-state index in [2.05, 4.69) is 6.92 Å². The molecule has 2 atom stereocenters. The molecule has 0 saturated heterocycles. The Bertz CT molecular complexity index is 362. The van der Waals surface area contributed by atoms with Gasteiger partial charge in [-0.05, 0) is 25.7 Å². The van der Waals surface area contributed by atoms with E-state index in [4.69, 9.17) is 5.11 Å². The van der Waals surface area contributed by atoms with Gasteiger partial charge in [0.2, 0.25) is 0 Å². The predicted molar refractivity (Wildman–Crippen MR) is 126 cm³/mol. The second kappa shape index (κ2) is 20.7. The minimum absolute atomic E-state index is 0. The summed E-state index contributed by atoms with van der Waals surface area (Å²) in [6.45, 7) is 6.03. The molecule has 176 valence electrons. The van der Waals surface area contributed by atoms with E-state index in [9.17, 15) is 9.90 Å². The summed E-state index contributed by atoms with van der Waals surface area (Å²) in [6, 6.07) is 0. The van der Waals surface area contributed by atoms with E-state index in [0.29, 0.717) is 6.42 Å². The Labute approximate surface area is 181 Å². The van der Waals surface area contributed by atoms with Crippen molar-refractivity contribution in [1.29, 1.82) is 0 Å². The first-order chi connectivity index (χ1) is 13.5. The molecule has 0 saturated carbocycles. The molecule has 0 rings (SSSR count). The van der Waals surface area contributed by atoms with Crippen molar-refractivity contribution in [3.63, 3.8) is 0 Å². The van der Waals surface area contributed by atoms with Crippen molar-refractivity contribution in [3.8, 4) is 0 Å². The van der Waals surface area contributed by atoms with E-state index in [1.54, 1.807) is 6.92 Å². The van der Waals surface area contributed by atoms with Crippen molar-refractivity contribution in [2.75, 3.05) is 6.61 Å². The van der Waals surface area contributed by atoms with Crippen LogP contribution in [0, 0.1) is 11.3 Å². The number of carbonyl (C=O) groups is 1. The summed E-state index contributed by atoms with van der Waals surface area (Å²) in [6.07, 6.45) is 23.0. The molecule has 0 radical (unpaired) electrons. The fourth-order valence-electron chi connectivity index (χ4n) is 4.11. The van der Waals surface area contributed by atoms with Gasteiger partial charge < -0.3 is 16.4 Å². The summed E-state index contributed by atoms with van der Waals surface area (Å²) in [7, 11) is 0. The van der Waals surface area contributed by atoms with Gasteiger partial charge in [0, 0.05) is 6.61 Å². The topological polar surface area (TPSA) is 92.5 Å². The molecule has 0 aromatic carbocycles. The quantitative estimate of drug-likeness (QED) is 0.166. The van der Waals surface area contributed by atoms with Crippen molar-refractivity contribution in [2.45, 2.75) is 136 Å². The third-order valence-electron chi connectivity index (χ3n) is 6.70. The lowest BCUT2D eigenvalue weighted by Gasteiger charge is -2.31. The summed E-state index contributed by atoms with van der Waals surface area (Å²) in [4.78, 5) is 11.5. The average Bonchev–Trinajstić information content (AvgIpc) is 2.67. The van der Waals surface area contributed by atoms with Crippen LogP contribution in [0.3, 0.4) is 0 Å². The number of hydrogen-bond acceptors (Lipinski definition) is 3. The van der Waals surface area contributed by atoms with Gasteiger partial charge in [0.1, 0.15) is 0 Å². The van der Waals surface area contributed by atoms with E-state index < -0.39 is 11.4 Å². The van der Waals surface area contributed by atoms with E-state index in [-0.39, 0.29) is 18.7 Å². The summed E-state index contributed by atoms with van der Waals surface area (Å²) < 4.78 is 0. The minimum atomic E-state index is -0.787. The number of aliphatic hydroxyl groups excluding tert-OH is 1. The van der Waals surface area contributed by atoms with Crippen molar-refractivity contribution in [2.24, 2.45) is 11.3 Å². The van der Waals surface area contributed by atoms with Gasteiger partial charge in [0.25, 0.3) is 0 Å². The summed E-state index contributed by atoms with van der Waals surface area (Å²) in [5.74, 6) is -0.658. The Kier molecular flexibility index (Phi) is 21.8. The highest BCUT2D eigenvalue weighted by Crippen LogP contribution is 2.34. The molecule has 0 amide bonds. The highest BCUT2D eigenvalue weighted by molar-refractivity contribution is 5.74. The highest BCUT2D eigenvalue weighted by atomic mass is 16.4. The lowest BCUT2D eigenvalue weighted by molar-refractivity contribution is -0.152. The largest absolute Gasteiger partial charge is 0.481 e. The van der Waals surface area contributed by atoms with Gasteiger partial charge >= 0.3 is 5.97 Å². The standard InChI is InChI=1S/C25H50O3.H3N/c1-4-5-6-7-8-9-10-11-12-13-14-15-16-17-18-19-20-23(2)25(3,21-22-26)24(27)28;/h23,26H,4-22H2,1-3H3,(H,27,28);1H3. The molecule has 0 aliphatic rings. The number of aliphatic carboxylic acids is 1. The molecule has 0 aliphatic heterocycles. The fraction of sp³-hybridized carbons (Fsp3) is 0.960. The minimum Gasteiger partial charge on any atom is -0.481 e. The lowest BCUT2D eigenvalue weighted by Crippen LogP contribution is -2.35. The number of carboxylic acid groups (broad SMARTS) is 1. The van der Waals surface area contributed by atoms with Gasteiger partial charge in [-0.15, -0.1) is 0 Å². The molecular formula is C25H53NO3. The number of carboxylic acids is 1. The van der Waals surface area contributed by atoms with Crippen LogP contribution in [0.4, 0.5) is 0 Å². The van der Waals surface area contributed by atoms with Crippen LogP contribution in [0.15, 0.2) is 0 Å². The molecule has 0 aromatic rings. The van der Waals surface area contributed by atoms with Crippen LogP contribution in [-0.2, 0) is 4.79 Å². The zero-order valence-electron chi connectivity index (χ0n) is 20.0. The highest BCUT2D eigenvalue weighted by Gasteiger charge is 2.37. The molecule has 2 unspecified atom stereocenters. The molecule has 0 bridgehead atoms. The molecule has 0 aromatic heterocycles. The zero-order valence-corrected chi connectivity index (χ0v) is 20.0. The Morgan fingerprint density at radius 2 is 1.10 bits per heavy atom. The summed E-state index contributed by atoms with van der Waals surface area (Å²) in [5, 5.41) is 18.6. The first-order valence-corrected chi connectivity index (χ1v) is 12.3. The first kappa shape index (κ1) is 30.6. The SMILES string of the molecule is CCCCCCCCCCCCCCCCCCC(C)C(C)(CCO)C(=O)O.N. The Morgan fingerprint density at radius 3 is 1.41 bits per heavy atom. The van der Waals surface area contributed by atoms with Crippen molar-refractivity contribution in [3.05, 3.63) is 0 Å². The van der Waals surface area contributed by atoms with Gasteiger partial charge in [0.15, 0.2) is 0 Å². The molecule has 0 heterocycles. The van der Waals surface area contributed by atoms with Crippen LogP contribution in [0.1, 0.15) is 136 Å². The Morgan fingerprint density at radius 1 is 0.759 bits per heavy atom. The van der Waals surface area contributed by atoms with Crippen LogP contribution in [-0.4, -0.2) is 22.8 Å². The van der Waals surface area contributed by atoms with Crippen LogP contribution in [0.25, 0.3) is 0 Å². The monoisotopic (exact) mass is 415 g/mol. The fourth-order valence-corrected chi connectivity index (χ4v) is 4.11. The smallest absolute Gasteiger partial charge is 0.309 e. The number of unbranched alkanes of at least 4 members (excludes halogenated alkanes) is 15. The van der Waals surface area contributed by atoms with Gasteiger partial charge in [-0.1, -0.05) is 117 Å². The van der Waals surface area contributed by atoms with Gasteiger partial charge in [-0.25, -0.2) is 0 Å². The average molecular weight is 416 g/mol. The predicted octanol–water partition coefficient (Wildman–Crippen LogP) is 7.91. The van der Waals surface area contributed by atoms with E-state index >= 15 is 0 Å². The van der Waals surface area contributed by atoms with Crippen molar-refractivity contribution < 1.29 is 15.0 Å². The molecule has 4 heteroatoms. The van der Waals surface area contributed by atoms with Crippen molar-refractivity contribution in [1.82, 2.24) is 6.15 Å². The number of aliphatic hydroxyl groups is 1. The molecule has 0 spiro atoms. The van der Waals surface area contributed by atoms with Crippen LogP contribution in [0.2, 0.25) is 0 Å². The molecule has 0 fully saturated rings. The van der Waals surface area contributed by atoms with Gasteiger partial charge in [0.05, 0.1) is 5.41 Å². The van der Waals surface area contributed by atoms with Crippen LogP contribution >= 0.6 is 0 Å². The van der Waals surface area contributed by atoms with E-state index in [0.717, 1.165) is 12.8 Å². The third-order valence-corrected chi connectivity index (χ3v) is 6.70. The maximum absolute atomic E-state index is 11.5. The second-order valence-electron chi connectivity index (χ2n) is 9.19. The maximum atomic E-state index is 11.5. The van der Waals surface area contributed by atoms with Crippen molar-refractivity contribution >= 4 is 5.97 Å². The lowest BCUT2D eigenvalue weighted by atomic mass is 9.73. The molecule has 4 nitrogen and oxygen atoms in total. The summed E-state index contributed by atoms with van der Waals surface area (Å²) in [5.41, 5.74) is -0.787. The molecule has 0 aliphatic carbocycles. The third kappa shape index (κ3) is 15.8. The Hall–Kier alpha value is -0.610. The first-order valence-electron chi connectivity index (χ1n) is 12.3. The molecular weight excluding hydrogens is 362 g/mol. The van der Waals surface area contributed by atoms with Gasteiger partial charge in [-0.3, -0.25) is 4.79 Å². The van der Waals surface area contributed by atoms with Crippen LogP contribution in [0.5, 0.6) is 0 Å². The molecule has 5 N–H and O–H groups in total. The van der Waals surface area contributed by atoms with E-state index in [1.807, 2.05) is 6.92 Å². The normalized spacial score (nSPS) is 14.2. The van der Waals surface area contributed by atoms with E-state index in [1.165, 1.54) is 96.3 Å². The zero-order chi connectivity index (χ0) is 21.1. The van der Waals surface area contributed by atoms with Gasteiger partial charge in [-0.2, -0.15) is 0 Å². The number of hydrogen-bond donors (Lipinski definition) is 3. The Balaban J connectivity index is 0. The summed E-state index contributed by atoms with van der Waals surface area (Å²) >= 11 is 0. The second-order valence-corrected chi connectivity index (χ2v) is 9.19. The number of rotatable bonds is 21. The maximum Gasteiger partial charge on any atom is 0.309 e. The van der Waals surface area contributed by atoms with Crippen LogP contribution < -0.4 is 6.15 Å². The molecule has 29 heavy (non-hydrogen) atoms.